The molecule has 11 rings (SSSR count). The number of hydrogen-bond acceptors (Lipinski definition) is 2. The quantitative estimate of drug-likeness (QED) is 0.161. The number of thioether (sulfide) groups is 1. The first-order valence-electron chi connectivity index (χ1n) is 20.2. The Hall–Kier alpha value is -6.68. The predicted molar refractivity (Wildman–Crippen MR) is 244 cm³/mol. The molecule has 0 N–H and O–H groups in total. The molecule has 3 aliphatic rings. The summed E-state index contributed by atoms with van der Waals surface area (Å²) < 4.78 is 2.29. The Morgan fingerprint density at radius 1 is 0.552 bits per heavy atom. The van der Waals surface area contributed by atoms with Crippen LogP contribution >= 0.6 is 11.8 Å². The molecular formula is C55H40N2S. The largest absolute Gasteiger partial charge is 0.292 e. The van der Waals surface area contributed by atoms with Crippen LogP contribution in [0.2, 0.25) is 0 Å². The monoisotopic (exact) mass is 760 g/mol. The van der Waals surface area contributed by atoms with Crippen molar-refractivity contribution in [3.05, 3.63) is 229 Å². The van der Waals surface area contributed by atoms with E-state index in [0.717, 1.165) is 34.5 Å². The zero-order valence-corrected chi connectivity index (χ0v) is 32.8. The van der Waals surface area contributed by atoms with Gasteiger partial charge in [-0.3, -0.25) is 4.57 Å². The number of aromatic nitrogens is 2. The van der Waals surface area contributed by atoms with Crippen molar-refractivity contribution >= 4 is 28.4 Å². The maximum Gasteiger partial charge on any atom is 0.145 e. The third-order valence-electron chi connectivity index (χ3n) is 11.9. The number of hydrogen-bond donors (Lipinski definition) is 0. The van der Waals surface area contributed by atoms with Crippen LogP contribution in [0.25, 0.3) is 67.1 Å². The molecule has 0 radical (unpaired) electrons. The smallest absolute Gasteiger partial charge is 0.145 e. The number of allylic oxidation sites excluding steroid dienone is 7. The summed E-state index contributed by atoms with van der Waals surface area (Å²) >= 11 is 2.00. The molecule has 3 unspecified atom stereocenters. The summed E-state index contributed by atoms with van der Waals surface area (Å²) in [5.41, 5.74) is 17.0. The van der Waals surface area contributed by atoms with Gasteiger partial charge in [-0.15, -0.1) is 11.8 Å². The third-order valence-corrected chi connectivity index (χ3v) is 13.3. The van der Waals surface area contributed by atoms with E-state index < -0.39 is 0 Å². The van der Waals surface area contributed by atoms with Crippen LogP contribution in [0.3, 0.4) is 0 Å². The Kier molecular flexibility index (Phi) is 8.75. The maximum atomic E-state index is 5.23. The minimum atomic E-state index is 0.263. The molecular weight excluding hydrogens is 721 g/mol. The van der Waals surface area contributed by atoms with E-state index in [1.165, 1.54) is 60.5 Å². The van der Waals surface area contributed by atoms with Gasteiger partial charge in [0, 0.05) is 33.2 Å². The van der Waals surface area contributed by atoms with Crippen LogP contribution in [0.5, 0.6) is 0 Å². The zero-order valence-electron chi connectivity index (χ0n) is 31.9. The van der Waals surface area contributed by atoms with E-state index in [2.05, 4.69) is 217 Å². The van der Waals surface area contributed by atoms with Crippen molar-refractivity contribution in [2.24, 2.45) is 0 Å². The fourth-order valence-corrected chi connectivity index (χ4v) is 10.3. The van der Waals surface area contributed by atoms with E-state index >= 15 is 0 Å². The van der Waals surface area contributed by atoms with Crippen molar-refractivity contribution in [3.8, 4) is 50.5 Å². The van der Waals surface area contributed by atoms with Crippen LogP contribution in [0.1, 0.15) is 34.9 Å². The average molecular weight is 761 g/mol. The summed E-state index contributed by atoms with van der Waals surface area (Å²) in [6.45, 7) is 0. The fourth-order valence-electron chi connectivity index (χ4n) is 8.90. The standard InChI is InChI=1S/C55H40N2S/c1-4-13-37(14-5-1)39-23-27-41(28-24-39)43-31-32-53-49(34-43)50-36-46(42-29-25-40(26-30-42)38-15-6-2-7-16-38)35-48(54(50)58-53)44-17-12-18-45(33-44)55-56-51-21-10-11-22-52(51)57(55)47-19-8-3-9-20-47/h1-13,15-37,49,53H,14H2. The molecule has 8 aromatic rings. The lowest BCUT2D eigenvalue weighted by atomic mass is 9.84. The Labute approximate surface area is 344 Å². The Bertz CT molecular complexity index is 2930. The van der Waals surface area contributed by atoms with Gasteiger partial charge in [0.2, 0.25) is 0 Å². The molecule has 7 aromatic carbocycles. The minimum absolute atomic E-state index is 0.263. The molecule has 2 aliphatic carbocycles. The SMILES string of the molecule is C1=CCC(c2ccc(C3=CC4c5cc(-c6ccc(-c7ccccc7)cc6)cc(-c6cccc(-c7nc8ccccc8n7-c7ccccc7)c6)c5SC4C=C3)cc2)C=C1. The first-order chi connectivity index (χ1) is 28.7. The van der Waals surface area contributed by atoms with Gasteiger partial charge in [-0.05, 0) is 105 Å². The van der Waals surface area contributed by atoms with Crippen molar-refractivity contribution in [1.29, 1.82) is 0 Å². The Morgan fingerprint density at radius 3 is 2.03 bits per heavy atom. The molecule has 0 bridgehead atoms. The minimum Gasteiger partial charge on any atom is -0.292 e. The first kappa shape index (κ1) is 34.6. The van der Waals surface area contributed by atoms with Crippen molar-refractivity contribution in [2.45, 2.75) is 28.4 Å². The second-order valence-electron chi connectivity index (χ2n) is 15.4. The maximum absolute atomic E-state index is 5.23. The van der Waals surface area contributed by atoms with E-state index in [-0.39, 0.29) is 5.92 Å². The number of fused-ring (bicyclic) bond motifs is 4. The summed E-state index contributed by atoms with van der Waals surface area (Å²) in [5.74, 6) is 1.66. The highest BCUT2D eigenvalue weighted by Crippen LogP contribution is 2.54. The van der Waals surface area contributed by atoms with Crippen LogP contribution in [0, 0.1) is 0 Å². The van der Waals surface area contributed by atoms with E-state index in [1.807, 2.05) is 11.8 Å². The van der Waals surface area contributed by atoms with Crippen LogP contribution in [-0.4, -0.2) is 14.8 Å². The summed E-state index contributed by atoms with van der Waals surface area (Å²) in [5, 5.41) is 0.331. The molecule has 1 aromatic heterocycles. The number of para-hydroxylation sites is 3. The molecule has 0 saturated carbocycles. The molecule has 58 heavy (non-hydrogen) atoms. The van der Waals surface area contributed by atoms with Gasteiger partial charge in [-0.25, -0.2) is 4.98 Å². The molecule has 0 saturated heterocycles. The van der Waals surface area contributed by atoms with Gasteiger partial charge >= 0.3 is 0 Å². The van der Waals surface area contributed by atoms with Gasteiger partial charge in [0.15, 0.2) is 0 Å². The summed E-state index contributed by atoms with van der Waals surface area (Å²) in [6.07, 6.45) is 17.2. The van der Waals surface area contributed by atoms with E-state index in [1.54, 1.807) is 0 Å². The van der Waals surface area contributed by atoms with Crippen molar-refractivity contribution < 1.29 is 0 Å². The van der Waals surface area contributed by atoms with E-state index in [0.29, 0.717) is 11.2 Å². The van der Waals surface area contributed by atoms with Crippen molar-refractivity contribution in [2.75, 3.05) is 0 Å². The summed E-state index contributed by atoms with van der Waals surface area (Å²) in [6, 6.07) is 61.9. The van der Waals surface area contributed by atoms with E-state index in [4.69, 9.17) is 4.98 Å². The lowest BCUT2D eigenvalue weighted by molar-refractivity contribution is 0.853. The lowest BCUT2D eigenvalue weighted by Crippen LogP contribution is -2.09. The molecule has 2 heterocycles. The molecule has 0 spiro atoms. The molecule has 3 atom stereocenters. The Balaban J connectivity index is 1.03. The molecule has 0 amide bonds. The van der Waals surface area contributed by atoms with Gasteiger partial charge in [-0.2, -0.15) is 0 Å². The van der Waals surface area contributed by atoms with Gasteiger partial charge < -0.3 is 0 Å². The average Bonchev–Trinajstić information content (AvgIpc) is 3.88. The second kappa shape index (κ2) is 14.7. The molecule has 276 valence electrons. The van der Waals surface area contributed by atoms with Gasteiger partial charge in [-0.1, -0.05) is 170 Å². The lowest BCUT2D eigenvalue weighted by Gasteiger charge is -2.20. The normalized spacial score (nSPS) is 17.9. The van der Waals surface area contributed by atoms with Crippen LogP contribution in [-0.2, 0) is 0 Å². The first-order valence-corrected chi connectivity index (χ1v) is 21.1. The van der Waals surface area contributed by atoms with Crippen LogP contribution in [0.4, 0.5) is 0 Å². The topological polar surface area (TPSA) is 17.8 Å². The van der Waals surface area contributed by atoms with Gasteiger partial charge in [0.1, 0.15) is 5.82 Å². The van der Waals surface area contributed by atoms with Crippen molar-refractivity contribution in [1.82, 2.24) is 9.55 Å². The summed E-state index contributed by atoms with van der Waals surface area (Å²) in [4.78, 5) is 6.59. The number of imidazole rings is 1. The zero-order chi connectivity index (χ0) is 38.4. The Morgan fingerprint density at radius 2 is 1.24 bits per heavy atom. The van der Waals surface area contributed by atoms with Gasteiger partial charge in [0.05, 0.1) is 11.0 Å². The molecule has 0 fully saturated rings. The van der Waals surface area contributed by atoms with Crippen LogP contribution in [0.15, 0.2) is 217 Å². The highest BCUT2D eigenvalue weighted by atomic mass is 32.2. The molecule has 3 heteroatoms. The second-order valence-corrected chi connectivity index (χ2v) is 16.6. The van der Waals surface area contributed by atoms with Crippen molar-refractivity contribution in [3.63, 3.8) is 0 Å². The van der Waals surface area contributed by atoms with Crippen LogP contribution < -0.4 is 0 Å². The highest BCUT2D eigenvalue weighted by Gasteiger charge is 2.35. The molecule has 1 aliphatic heterocycles. The predicted octanol–water partition coefficient (Wildman–Crippen LogP) is 14.5. The third kappa shape index (κ3) is 6.29. The number of nitrogens with zero attached hydrogens (tertiary/aromatic N) is 2. The molecule has 2 nitrogen and oxygen atoms in total. The number of benzene rings is 7. The van der Waals surface area contributed by atoms with E-state index in [9.17, 15) is 0 Å². The van der Waals surface area contributed by atoms with Gasteiger partial charge in [0.25, 0.3) is 0 Å². The number of rotatable bonds is 7. The fraction of sp³-hybridized carbons (Fsp3) is 0.0727. The summed E-state index contributed by atoms with van der Waals surface area (Å²) in [7, 11) is 0. The highest BCUT2D eigenvalue weighted by molar-refractivity contribution is 8.00.